The summed E-state index contributed by atoms with van der Waals surface area (Å²) >= 11 is 0. The highest BCUT2D eigenvalue weighted by atomic mass is 16.2. The minimum Gasteiger partial charge on any atom is -0.383 e. The summed E-state index contributed by atoms with van der Waals surface area (Å²) in [6.45, 7) is 0.951. The molecule has 1 aliphatic rings. The van der Waals surface area contributed by atoms with Crippen LogP contribution >= 0.6 is 0 Å². The molecule has 9 nitrogen and oxygen atoms in total. The van der Waals surface area contributed by atoms with E-state index in [9.17, 15) is 9.59 Å². The third-order valence-corrected chi connectivity index (χ3v) is 4.91. The molecule has 0 unspecified atom stereocenters. The van der Waals surface area contributed by atoms with Gasteiger partial charge in [-0.2, -0.15) is 0 Å². The van der Waals surface area contributed by atoms with E-state index >= 15 is 0 Å². The maximum Gasteiger partial charge on any atom is 0.223 e. The molecule has 0 atom stereocenters. The van der Waals surface area contributed by atoms with Crippen LogP contribution in [0.4, 0.5) is 5.82 Å². The van der Waals surface area contributed by atoms with E-state index in [1.165, 1.54) is 0 Å². The first-order chi connectivity index (χ1) is 13.1. The first-order valence-electron chi connectivity index (χ1n) is 9.20. The summed E-state index contributed by atoms with van der Waals surface area (Å²) in [5.41, 5.74) is 6.61. The van der Waals surface area contributed by atoms with E-state index in [1.54, 1.807) is 29.5 Å². The van der Waals surface area contributed by atoms with Gasteiger partial charge in [-0.1, -0.05) is 6.07 Å². The number of carbonyl (C=O) groups is 2. The van der Waals surface area contributed by atoms with Crippen LogP contribution in [-0.4, -0.2) is 37.6 Å². The lowest BCUT2D eigenvalue weighted by molar-refractivity contribution is -0.126. The molecule has 2 aromatic heterocycles. The molecule has 1 fully saturated rings. The summed E-state index contributed by atoms with van der Waals surface area (Å²) in [5, 5.41) is 13.4. The summed E-state index contributed by atoms with van der Waals surface area (Å²) in [6.07, 6.45) is 8.37. The monoisotopic (exact) mass is 371 g/mol. The zero-order valence-corrected chi connectivity index (χ0v) is 15.2. The van der Waals surface area contributed by atoms with Gasteiger partial charge in [-0.25, -0.2) is 4.98 Å². The number of nitrogens with one attached hydrogen (secondary N) is 2. The zero-order valence-electron chi connectivity index (χ0n) is 15.2. The minimum atomic E-state index is -0.0203. The fourth-order valence-electron chi connectivity index (χ4n) is 3.29. The fourth-order valence-corrected chi connectivity index (χ4v) is 3.29. The lowest BCUT2D eigenvalue weighted by Gasteiger charge is -2.28. The van der Waals surface area contributed by atoms with Gasteiger partial charge in [0.2, 0.25) is 11.8 Å². The van der Waals surface area contributed by atoms with Gasteiger partial charge in [-0.05, 0) is 31.7 Å². The smallest absolute Gasteiger partial charge is 0.223 e. The normalized spacial score (nSPS) is 19.4. The van der Waals surface area contributed by atoms with Crippen LogP contribution in [0.25, 0.3) is 0 Å². The lowest BCUT2D eigenvalue weighted by atomic mass is 9.85. The molecule has 0 saturated heterocycles. The Hall–Kier alpha value is -2.97. The number of nitrogens with zero attached hydrogens (tertiary/aromatic N) is 4. The van der Waals surface area contributed by atoms with Crippen molar-refractivity contribution in [3.8, 4) is 0 Å². The number of amides is 2. The van der Waals surface area contributed by atoms with Crippen LogP contribution in [-0.2, 0) is 22.7 Å². The summed E-state index contributed by atoms with van der Waals surface area (Å²) in [4.78, 5) is 28.4. The van der Waals surface area contributed by atoms with Gasteiger partial charge in [0.15, 0.2) is 0 Å². The Morgan fingerprint density at radius 3 is 2.63 bits per heavy atom. The third kappa shape index (κ3) is 5.50. The maximum absolute atomic E-state index is 12.4. The maximum atomic E-state index is 12.4. The molecule has 0 spiro atoms. The molecule has 0 aliphatic heterocycles. The molecule has 1 aliphatic carbocycles. The Morgan fingerprint density at radius 1 is 1.19 bits per heavy atom. The van der Waals surface area contributed by atoms with Crippen LogP contribution in [0.5, 0.6) is 0 Å². The van der Waals surface area contributed by atoms with Crippen molar-refractivity contribution in [1.82, 2.24) is 30.4 Å². The Labute approximate surface area is 157 Å². The lowest BCUT2D eigenvalue weighted by Crippen LogP contribution is -2.41. The van der Waals surface area contributed by atoms with Crippen LogP contribution in [0, 0.1) is 5.92 Å². The van der Waals surface area contributed by atoms with E-state index in [0.29, 0.717) is 25.3 Å². The van der Waals surface area contributed by atoms with Crippen LogP contribution in [0.15, 0.2) is 31.0 Å². The molecule has 2 heterocycles. The van der Waals surface area contributed by atoms with Crippen LogP contribution in [0.3, 0.4) is 0 Å². The Bertz CT molecular complexity index is 755. The molecule has 4 N–H and O–H groups in total. The Balaban J connectivity index is 1.36. The fraction of sp³-hybridized carbons (Fsp3) is 0.500. The molecule has 2 amide bonds. The second kappa shape index (κ2) is 9.11. The molecule has 144 valence electrons. The van der Waals surface area contributed by atoms with E-state index in [4.69, 9.17) is 5.73 Å². The van der Waals surface area contributed by atoms with Crippen LogP contribution < -0.4 is 16.4 Å². The average molecular weight is 371 g/mol. The number of aryl methyl sites for hydroxylation is 1. The van der Waals surface area contributed by atoms with Crippen LogP contribution in [0.1, 0.15) is 37.7 Å². The quantitative estimate of drug-likeness (QED) is 0.655. The highest BCUT2D eigenvalue weighted by Gasteiger charge is 2.27. The molecule has 0 aromatic carbocycles. The number of nitrogen functional groups attached to an aromatic ring is 1. The van der Waals surface area contributed by atoms with Crippen molar-refractivity contribution in [1.29, 1.82) is 0 Å². The van der Waals surface area contributed by atoms with Crippen LogP contribution in [0.2, 0.25) is 0 Å². The number of hydrogen-bond donors (Lipinski definition) is 3. The minimum absolute atomic E-state index is 0.0173. The summed E-state index contributed by atoms with van der Waals surface area (Å²) in [5.74, 6) is 0.475. The van der Waals surface area contributed by atoms with Gasteiger partial charge in [-0.3, -0.25) is 9.59 Å². The molecule has 1 saturated carbocycles. The van der Waals surface area contributed by atoms with Crippen molar-refractivity contribution in [3.05, 3.63) is 36.5 Å². The van der Waals surface area contributed by atoms with Gasteiger partial charge in [0.1, 0.15) is 18.5 Å². The van der Waals surface area contributed by atoms with Gasteiger partial charge < -0.3 is 20.9 Å². The first-order valence-corrected chi connectivity index (χ1v) is 9.20. The standard InChI is InChI=1S/C18H25N7O2/c19-17-14(2-1-8-20-17)10-21-18(27)13-3-5-15(6-4-13)24-16(26)7-9-25-11-22-23-12-25/h1-2,8,11-13,15H,3-7,9-10H2,(H2,19,20)(H,21,27)(H,24,26). The number of hydrogen-bond acceptors (Lipinski definition) is 6. The number of carbonyl (C=O) groups excluding carboxylic acids is 2. The van der Waals surface area contributed by atoms with Gasteiger partial charge >= 0.3 is 0 Å². The van der Waals surface area contributed by atoms with Crippen molar-refractivity contribution in [2.45, 2.75) is 51.2 Å². The second-order valence-corrected chi connectivity index (χ2v) is 6.83. The Morgan fingerprint density at radius 2 is 1.93 bits per heavy atom. The SMILES string of the molecule is Nc1ncccc1CNC(=O)C1CCC(NC(=O)CCn2cnnc2)CC1. The van der Waals surface area contributed by atoms with Crippen molar-refractivity contribution in [2.75, 3.05) is 5.73 Å². The summed E-state index contributed by atoms with van der Waals surface area (Å²) < 4.78 is 1.77. The van der Waals surface area contributed by atoms with Gasteiger partial charge in [0.05, 0.1) is 0 Å². The molecule has 0 bridgehead atoms. The second-order valence-electron chi connectivity index (χ2n) is 6.83. The van der Waals surface area contributed by atoms with E-state index in [2.05, 4.69) is 25.8 Å². The number of nitrogens with two attached hydrogens (primary N) is 1. The van der Waals surface area contributed by atoms with Gasteiger partial charge in [0, 0.05) is 43.2 Å². The molecular formula is C18H25N7O2. The van der Waals surface area contributed by atoms with Crippen molar-refractivity contribution in [3.63, 3.8) is 0 Å². The van der Waals surface area contributed by atoms with Gasteiger partial charge in [0.25, 0.3) is 0 Å². The average Bonchev–Trinajstić information content (AvgIpc) is 3.20. The first kappa shape index (κ1) is 18.8. The molecule has 9 heteroatoms. The number of anilines is 1. The number of rotatable bonds is 7. The van der Waals surface area contributed by atoms with Crippen molar-refractivity contribution in [2.24, 2.45) is 5.92 Å². The Kier molecular flexibility index (Phi) is 6.35. The van der Waals surface area contributed by atoms with Gasteiger partial charge in [-0.15, -0.1) is 10.2 Å². The summed E-state index contributed by atoms with van der Waals surface area (Å²) in [6, 6.07) is 3.79. The largest absolute Gasteiger partial charge is 0.383 e. The molecule has 0 radical (unpaired) electrons. The van der Waals surface area contributed by atoms with E-state index < -0.39 is 0 Å². The predicted molar refractivity (Wildman–Crippen MR) is 99.0 cm³/mol. The third-order valence-electron chi connectivity index (χ3n) is 4.91. The van der Waals surface area contributed by atoms with Crippen molar-refractivity contribution < 1.29 is 9.59 Å². The predicted octanol–water partition coefficient (Wildman–Crippen LogP) is 0.637. The van der Waals surface area contributed by atoms with Crippen molar-refractivity contribution >= 4 is 17.6 Å². The molecule has 3 rings (SSSR count). The highest BCUT2D eigenvalue weighted by Crippen LogP contribution is 2.24. The van der Waals surface area contributed by atoms with E-state index in [0.717, 1.165) is 31.2 Å². The number of aromatic nitrogens is 4. The highest BCUT2D eigenvalue weighted by molar-refractivity contribution is 5.79. The van der Waals surface area contributed by atoms with E-state index in [-0.39, 0.29) is 23.8 Å². The summed E-state index contributed by atoms with van der Waals surface area (Å²) in [7, 11) is 0. The molecule has 2 aromatic rings. The van der Waals surface area contributed by atoms with E-state index in [1.807, 2.05) is 6.07 Å². The number of pyridine rings is 1. The topological polar surface area (TPSA) is 128 Å². The molecular weight excluding hydrogens is 346 g/mol. The molecule has 27 heavy (non-hydrogen) atoms. The zero-order chi connectivity index (χ0) is 19.1.